The maximum Gasteiger partial charge on any atom is 0.178 e. The van der Waals surface area contributed by atoms with Crippen LogP contribution in [0.25, 0.3) is 0 Å². The molecule has 3 nitrogen and oxygen atoms in total. The van der Waals surface area contributed by atoms with Crippen molar-refractivity contribution in [2.45, 2.75) is 51.4 Å². The van der Waals surface area contributed by atoms with E-state index in [9.17, 15) is 4.79 Å². The van der Waals surface area contributed by atoms with Crippen LogP contribution in [0.1, 0.15) is 66.6 Å². The normalized spacial score (nSPS) is 23.6. The third-order valence-electron chi connectivity index (χ3n) is 5.19. The quantitative estimate of drug-likeness (QED) is 0.854. The number of carbonyl (C=O) groups excluding carboxylic acids is 1. The Hall–Kier alpha value is -1.03. The summed E-state index contributed by atoms with van der Waals surface area (Å²) in [6.45, 7) is 4.58. The molecule has 0 bridgehead atoms. The number of nitrogens with two attached hydrogens (primary N) is 1. The van der Waals surface area contributed by atoms with E-state index in [4.69, 9.17) is 5.73 Å². The predicted molar refractivity (Wildman–Crippen MR) is 88.4 cm³/mol. The molecule has 2 N–H and O–H groups in total. The summed E-state index contributed by atoms with van der Waals surface area (Å²) in [6.07, 6.45) is 7.13. The Bertz CT molecular complexity index is 564. The van der Waals surface area contributed by atoms with Crippen LogP contribution in [0.3, 0.4) is 0 Å². The van der Waals surface area contributed by atoms with Gasteiger partial charge in [0.2, 0.25) is 0 Å². The largest absolute Gasteiger partial charge is 0.397 e. The fourth-order valence-electron chi connectivity index (χ4n) is 3.37. The molecule has 0 spiro atoms. The highest BCUT2D eigenvalue weighted by molar-refractivity contribution is 7.19. The van der Waals surface area contributed by atoms with Gasteiger partial charge in [-0.1, -0.05) is 6.92 Å². The molecule has 2 heterocycles. The van der Waals surface area contributed by atoms with E-state index in [1.165, 1.54) is 36.2 Å². The molecule has 114 valence electrons. The summed E-state index contributed by atoms with van der Waals surface area (Å²) >= 11 is 1.69. The number of thiophene rings is 1. The second-order valence-corrected chi connectivity index (χ2v) is 8.15. The lowest BCUT2D eigenvalue weighted by atomic mass is 9.99. The van der Waals surface area contributed by atoms with Crippen LogP contribution in [0, 0.1) is 11.8 Å². The summed E-state index contributed by atoms with van der Waals surface area (Å²) < 4.78 is 0. The maximum absolute atomic E-state index is 12.5. The highest BCUT2D eigenvalue weighted by Gasteiger charge is 2.38. The Labute approximate surface area is 130 Å². The molecule has 3 aliphatic rings. The minimum Gasteiger partial charge on any atom is -0.397 e. The molecule has 1 aromatic heterocycles. The molecule has 1 saturated heterocycles. The third-order valence-corrected chi connectivity index (χ3v) is 6.49. The smallest absolute Gasteiger partial charge is 0.178 e. The van der Waals surface area contributed by atoms with Gasteiger partial charge in [-0.25, -0.2) is 0 Å². The number of hydrogen-bond donors (Lipinski definition) is 1. The molecule has 2 saturated carbocycles. The first-order valence-electron chi connectivity index (χ1n) is 8.36. The second kappa shape index (κ2) is 5.01. The molecule has 1 aromatic rings. The van der Waals surface area contributed by atoms with Crippen LogP contribution in [0.15, 0.2) is 0 Å². The first-order chi connectivity index (χ1) is 10.1. The first-order valence-corrected chi connectivity index (χ1v) is 9.18. The van der Waals surface area contributed by atoms with Crippen molar-refractivity contribution in [1.29, 1.82) is 0 Å². The SMILES string of the molecule is CC1CCN(c2sc(C(=O)C3CC3)c(N)c2C2CC2)CC1. The van der Waals surface area contributed by atoms with Gasteiger partial charge in [0.1, 0.15) is 0 Å². The van der Waals surface area contributed by atoms with Gasteiger partial charge in [-0.2, -0.15) is 0 Å². The highest BCUT2D eigenvalue weighted by Crippen LogP contribution is 2.53. The molecule has 2 aliphatic carbocycles. The van der Waals surface area contributed by atoms with Crippen molar-refractivity contribution in [3.8, 4) is 0 Å². The lowest BCUT2D eigenvalue weighted by molar-refractivity contribution is 0.0972. The van der Waals surface area contributed by atoms with E-state index in [1.807, 2.05) is 0 Å². The number of Topliss-reactive ketones (excluding diaryl/α,β-unsaturated/α-hetero) is 1. The molecule has 4 rings (SSSR count). The minimum atomic E-state index is 0.271. The van der Waals surface area contributed by atoms with E-state index in [1.54, 1.807) is 11.3 Å². The summed E-state index contributed by atoms with van der Waals surface area (Å²) in [4.78, 5) is 15.8. The van der Waals surface area contributed by atoms with Crippen LogP contribution in [-0.4, -0.2) is 18.9 Å². The van der Waals surface area contributed by atoms with Gasteiger partial charge in [0.05, 0.1) is 15.6 Å². The highest BCUT2D eigenvalue weighted by atomic mass is 32.1. The van der Waals surface area contributed by atoms with Crippen LogP contribution in [0.2, 0.25) is 0 Å². The number of ketones is 1. The number of carbonyl (C=O) groups is 1. The molecule has 3 fully saturated rings. The number of nitrogen functional groups attached to an aromatic ring is 1. The Kier molecular flexibility index (Phi) is 3.25. The van der Waals surface area contributed by atoms with Gasteiger partial charge >= 0.3 is 0 Å². The van der Waals surface area contributed by atoms with Crippen molar-refractivity contribution in [2.24, 2.45) is 11.8 Å². The van der Waals surface area contributed by atoms with Crippen LogP contribution >= 0.6 is 11.3 Å². The molecule has 21 heavy (non-hydrogen) atoms. The van der Waals surface area contributed by atoms with E-state index in [0.29, 0.717) is 11.7 Å². The van der Waals surface area contributed by atoms with Gasteiger partial charge in [-0.3, -0.25) is 4.79 Å². The number of anilines is 2. The second-order valence-electron chi connectivity index (χ2n) is 7.15. The molecule has 0 radical (unpaired) electrons. The van der Waals surface area contributed by atoms with Crippen LogP contribution < -0.4 is 10.6 Å². The van der Waals surface area contributed by atoms with Crippen molar-refractivity contribution in [3.63, 3.8) is 0 Å². The van der Waals surface area contributed by atoms with Gasteiger partial charge in [-0.05, 0) is 50.4 Å². The number of nitrogens with zero attached hydrogens (tertiary/aromatic N) is 1. The fraction of sp³-hybridized carbons (Fsp3) is 0.706. The van der Waals surface area contributed by atoms with Gasteiger partial charge in [0.15, 0.2) is 5.78 Å². The van der Waals surface area contributed by atoms with Crippen molar-refractivity contribution < 1.29 is 4.79 Å². The summed E-state index contributed by atoms with van der Waals surface area (Å²) in [7, 11) is 0. The average molecular weight is 304 g/mol. The topological polar surface area (TPSA) is 46.3 Å². The monoisotopic (exact) mass is 304 g/mol. The molecule has 0 aromatic carbocycles. The van der Waals surface area contributed by atoms with E-state index < -0.39 is 0 Å². The van der Waals surface area contributed by atoms with E-state index >= 15 is 0 Å². The zero-order chi connectivity index (χ0) is 14.6. The molecule has 4 heteroatoms. The van der Waals surface area contributed by atoms with Crippen LogP contribution in [0.5, 0.6) is 0 Å². The van der Waals surface area contributed by atoms with Crippen molar-refractivity contribution in [3.05, 3.63) is 10.4 Å². The van der Waals surface area contributed by atoms with Gasteiger partial charge in [0, 0.05) is 24.6 Å². The number of piperidine rings is 1. The Balaban J connectivity index is 1.68. The molecular weight excluding hydrogens is 280 g/mol. The standard InChI is InChI=1S/C17H24N2OS/c1-10-6-8-19(9-7-10)17-13(11-2-3-11)14(18)16(21-17)15(20)12-4-5-12/h10-12H,2-9,18H2,1H3. The van der Waals surface area contributed by atoms with Crippen LogP contribution in [-0.2, 0) is 0 Å². The predicted octanol–water partition coefficient (Wildman–Crippen LogP) is 4.04. The Morgan fingerprint density at radius 2 is 1.81 bits per heavy atom. The molecule has 0 unspecified atom stereocenters. The summed E-state index contributed by atoms with van der Waals surface area (Å²) in [5.74, 6) is 2.04. The van der Waals surface area contributed by atoms with E-state index in [-0.39, 0.29) is 5.92 Å². The van der Waals surface area contributed by atoms with Crippen molar-refractivity contribution in [1.82, 2.24) is 0 Å². The minimum absolute atomic E-state index is 0.271. The average Bonchev–Trinajstić information content (AvgIpc) is 3.36. The molecule has 0 atom stereocenters. The maximum atomic E-state index is 12.5. The lowest BCUT2D eigenvalue weighted by Crippen LogP contribution is -2.32. The van der Waals surface area contributed by atoms with Crippen molar-refractivity contribution >= 4 is 27.8 Å². The number of hydrogen-bond acceptors (Lipinski definition) is 4. The van der Waals surface area contributed by atoms with Crippen LogP contribution in [0.4, 0.5) is 10.7 Å². The summed E-state index contributed by atoms with van der Waals surface area (Å²) in [6, 6.07) is 0. The fourth-order valence-corrected chi connectivity index (χ4v) is 4.75. The Morgan fingerprint density at radius 1 is 1.14 bits per heavy atom. The summed E-state index contributed by atoms with van der Waals surface area (Å²) in [5, 5.41) is 1.32. The third kappa shape index (κ3) is 2.48. The molecular formula is C17H24N2OS. The zero-order valence-corrected chi connectivity index (χ0v) is 13.5. The molecule has 1 aliphatic heterocycles. The van der Waals surface area contributed by atoms with Gasteiger partial charge < -0.3 is 10.6 Å². The lowest BCUT2D eigenvalue weighted by Gasteiger charge is -2.32. The zero-order valence-electron chi connectivity index (χ0n) is 12.7. The summed E-state index contributed by atoms with van der Waals surface area (Å²) in [5.41, 5.74) is 8.55. The number of rotatable bonds is 4. The molecule has 0 amide bonds. The van der Waals surface area contributed by atoms with E-state index in [2.05, 4.69) is 11.8 Å². The van der Waals surface area contributed by atoms with E-state index in [0.717, 1.165) is 42.4 Å². The Morgan fingerprint density at radius 3 is 2.38 bits per heavy atom. The van der Waals surface area contributed by atoms with Gasteiger partial charge in [0.25, 0.3) is 0 Å². The van der Waals surface area contributed by atoms with Gasteiger partial charge in [-0.15, -0.1) is 11.3 Å². The first kappa shape index (κ1) is 13.6. The van der Waals surface area contributed by atoms with Crippen molar-refractivity contribution in [2.75, 3.05) is 23.7 Å².